The molecule has 0 saturated heterocycles. The van der Waals surface area contributed by atoms with Gasteiger partial charge >= 0.3 is 0 Å². The molecule has 26 heavy (non-hydrogen) atoms. The van der Waals surface area contributed by atoms with Crippen molar-refractivity contribution in [3.05, 3.63) is 29.8 Å². The van der Waals surface area contributed by atoms with Crippen LogP contribution < -0.4 is 15.4 Å². The van der Waals surface area contributed by atoms with E-state index in [2.05, 4.69) is 10.6 Å². The maximum Gasteiger partial charge on any atom is 0.242 e. The van der Waals surface area contributed by atoms with Crippen molar-refractivity contribution in [2.45, 2.75) is 58.9 Å². The third kappa shape index (κ3) is 6.36. The topological polar surface area (TPSA) is 67.4 Å². The van der Waals surface area contributed by atoms with Gasteiger partial charge in [0.15, 0.2) is 0 Å². The smallest absolute Gasteiger partial charge is 0.242 e. The zero-order chi connectivity index (χ0) is 18.9. The summed E-state index contributed by atoms with van der Waals surface area (Å²) >= 11 is 0. The zero-order valence-electron chi connectivity index (χ0n) is 16.2. The van der Waals surface area contributed by atoms with E-state index in [-0.39, 0.29) is 23.7 Å². The highest BCUT2D eigenvalue weighted by molar-refractivity contribution is 5.88. The largest absolute Gasteiger partial charge is 0.492 e. The molecule has 0 heterocycles. The minimum atomic E-state index is -0.496. The van der Waals surface area contributed by atoms with E-state index in [0.29, 0.717) is 13.2 Å². The molecule has 1 saturated carbocycles. The van der Waals surface area contributed by atoms with Gasteiger partial charge in [-0.25, -0.2) is 0 Å². The monoisotopic (exact) mass is 360 g/mol. The fourth-order valence-electron chi connectivity index (χ4n) is 3.26. The van der Waals surface area contributed by atoms with Crippen molar-refractivity contribution in [3.8, 4) is 5.75 Å². The minimum Gasteiger partial charge on any atom is -0.492 e. The molecule has 1 aromatic rings. The Morgan fingerprint density at radius 2 is 1.77 bits per heavy atom. The second-order valence-corrected chi connectivity index (χ2v) is 7.52. The molecule has 0 aromatic heterocycles. The second kappa shape index (κ2) is 10.2. The van der Waals surface area contributed by atoms with Gasteiger partial charge in [0, 0.05) is 5.92 Å². The Morgan fingerprint density at radius 1 is 1.12 bits per heavy atom. The zero-order valence-corrected chi connectivity index (χ0v) is 16.2. The van der Waals surface area contributed by atoms with E-state index in [1.165, 1.54) is 12.0 Å². The first-order chi connectivity index (χ1) is 12.5. The molecule has 1 unspecified atom stereocenters. The number of hydrogen-bond donors (Lipinski definition) is 2. The molecule has 2 amide bonds. The van der Waals surface area contributed by atoms with Gasteiger partial charge in [0.2, 0.25) is 11.8 Å². The van der Waals surface area contributed by atoms with Crippen molar-refractivity contribution in [3.63, 3.8) is 0 Å². The van der Waals surface area contributed by atoms with Gasteiger partial charge in [-0.3, -0.25) is 9.59 Å². The fourth-order valence-corrected chi connectivity index (χ4v) is 3.26. The lowest BCUT2D eigenvalue weighted by Crippen LogP contribution is -2.51. The first-order valence-corrected chi connectivity index (χ1v) is 9.75. The number of carbonyl (C=O) groups is 2. The highest BCUT2D eigenvalue weighted by Crippen LogP contribution is 2.24. The van der Waals surface area contributed by atoms with E-state index in [1.807, 2.05) is 45.0 Å². The molecule has 5 nitrogen and oxygen atoms in total. The molecule has 144 valence electrons. The predicted molar refractivity (Wildman–Crippen MR) is 103 cm³/mol. The summed E-state index contributed by atoms with van der Waals surface area (Å²) in [6, 6.07) is 7.31. The van der Waals surface area contributed by atoms with E-state index >= 15 is 0 Å². The lowest BCUT2D eigenvalue weighted by molar-refractivity contribution is -0.132. The van der Waals surface area contributed by atoms with Gasteiger partial charge in [-0.05, 0) is 37.8 Å². The summed E-state index contributed by atoms with van der Waals surface area (Å²) in [5.74, 6) is 0.769. The fraction of sp³-hybridized carbons (Fsp3) is 0.619. The average molecular weight is 360 g/mol. The van der Waals surface area contributed by atoms with Crippen LogP contribution in [0.3, 0.4) is 0 Å². The molecule has 0 spiro atoms. The van der Waals surface area contributed by atoms with Crippen LogP contribution in [0.2, 0.25) is 0 Å². The molecular formula is C21H32N2O3. The highest BCUT2D eigenvalue weighted by Gasteiger charge is 2.28. The number of hydrogen-bond acceptors (Lipinski definition) is 3. The number of aryl methyl sites for hydroxylation is 1. The number of nitrogens with one attached hydrogen (secondary N) is 2. The van der Waals surface area contributed by atoms with Gasteiger partial charge in [0.25, 0.3) is 0 Å². The van der Waals surface area contributed by atoms with Crippen molar-refractivity contribution < 1.29 is 14.3 Å². The molecule has 1 aliphatic carbocycles. The van der Waals surface area contributed by atoms with E-state index in [1.54, 1.807) is 0 Å². The van der Waals surface area contributed by atoms with Crippen molar-refractivity contribution in [2.24, 2.45) is 11.8 Å². The van der Waals surface area contributed by atoms with Crippen LogP contribution >= 0.6 is 0 Å². The van der Waals surface area contributed by atoms with Crippen LogP contribution in [0.25, 0.3) is 0 Å². The Hall–Kier alpha value is -2.04. The van der Waals surface area contributed by atoms with Gasteiger partial charge in [0.1, 0.15) is 18.4 Å². The molecule has 0 bridgehead atoms. The molecule has 1 aliphatic rings. The Kier molecular flexibility index (Phi) is 7.95. The molecular weight excluding hydrogens is 328 g/mol. The van der Waals surface area contributed by atoms with Crippen LogP contribution in [0.1, 0.15) is 51.5 Å². The van der Waals surface area contributed by atoms with Crippen LogP contribution in [-0.4, -0.2) is 31.0 Å². The summed E-state index contributed by atoms with van der Waals surface area (Å²) in [6.07, 6.45) is 5.28. The molecule has 0 radical (unpaired) electrons. The third-order valence-electron chi connectivity index (χ3n) is 4.91. The number of rotatable bonds is 8. The number of carbonyl (C=O) groups excluding carboxylic acids is 2. The lowest BCUT2D eigenvalue weighted by atomic mass is 9.88. The molecule has 1 atom stereocenters. The molecule has 0 aliphatic heterocycles. The second-order valence-electron chi connectivity index (χ2n) is 7.52. The molecule has 5 heteroatoms. The summed E-state index contributed by atoms with van der Waals surface area (Å²) in [7, 11) is 0. The maximum atomic E-state index is 12.5. The summed E-state index contributed by atoms with van der Waals surface area (Å²) in [4.78, 5) is 24.9. The van der Waals surface area contributed by atoms with Crippen LogP contribution in [0.15, 0.2) is 24.3 Å². The molecule has 1 fully saturated rings. The predicted octanol–water partition coefficient (Wildman–Crippen LogP) is 3.21. The van der Waals surface area contributed by atoms with E-state index in [4.69, 9.17) is 4.74 Å². The Balaban J connectivity index is 1.76. The lowest BCUT2D eigenvalue weighted by Gasteiger charge is -2.26. The normalized spacial score (nSPS) is 16.2. The summed E-state index contributed by atoms with van der Waals surface area (Å²) < 4.78 is 5.63. The number of amides is 2. The van der Waals surface area contributed by atoms with Crippen molar-refractivity contribution in [1.82, 2.24) is 10.6 Å². The summed E-state index contributed by atoms with van der Waals surface area (Å²) in [6.45, 7) is 6.74. The highest BCUT2D eigenvalue weighted by atomic mass is 16.5. The van der Waals surface area contributed by atoms with E-state index in [0.717, 1.165) is 31.4 Å². The Morgan fingerprint density at radius 3 is 2.38 bits per heavy atom. The van der Waals surface area contributed by atoms with Gasteiger partial charge in [-0.2, -0.15) is 0 Å². The molecule has 1 aromatic carbocycles. The van der Waals surface area contributed by atoms with Gasteiger partial charge in [-0.1, -0.05) is 50.8 Å². The van der Waals surface area contributed by atoms with Gasteiger partial charge < -0.3 is 15.4 Å². The van der Waals surface area contributed by atoms with Crippen LogP contribution in [-0.2, 0) is 9.59 Å². The quantitative estimate of drug-likeness (QED) is 0.700. The van der Waals surface area contributed by atoms with Gasteiger partial charge in [-0.15, -0.1) is 0 Å². The molecule has 2 N–H and O–H groups in total. The Labute approximate surface area is 156 Å². The van der Waals surface area contributed by atoms with Crippen LogP contribution in [0, 0.1) is 18.8 Å². The standard InChI is InChI=1S/C21H32N2O3/c1-15(2)19(23-20(24)17-7-5-4-6-8-17)21(25)22-13-14-26-18-11-9-16(3)10-12-18/h9-12,15,17,19H,4-8,13-14H2,1-3H3,(H,22,25)(H,23,24). The summed E-state index contributed by atoms with van der Waals surface area (Å²) in [5, 5.41) is 5.83. The maximum absolute atomic E-state index is 12.5. The first kappa shape index (κ1) is 20.3. The van der Waals surface area contributed by atoms with Crippen molar-refractivity contribution in [2.75, 3.05) is 13.2 Å². The van der Waals surface area contributed by atoms with Gasteiger partial charge in [0.05, 0.1) is 6.54 Å². The van der Waals surface area contributed by atoms with Crippen LogP contribution in [0.5, 0.6) is 5.75 Å². The number of ether oxygens (including phenoxy) is 1. The average Bonchev–Trinajstić information content (AvgIpc) is 2.64. The van der Waals surface area contributed by atoms with E-state index < -0.39 is 6.04 Å². The minimum absolute atomic E-state index is 0.0226. The first-order valence-electron chi connectivity index (χ1n) is 9.75. The summed E-state index contributed by atoms with van der Waals surface area (Å²) in [5.41, 5.74) is 1.18. The Bertz CT molecular complexity index is 577. The number of benzene rings is 1. The SMILES string of the molecule is Cc1ccc(OCCNC(=O)C(NC(=O)C2CCCCC2)C(C)C)cc1. The van der Waals surface area contributed by atoms with Crippen LogP contribution in [0.4, 0.5) is 0 Å². The van der Waals surface area contributed by atoms with Crippen molar-refractivity contribution >= 4 is 11.8 Å². The molecule has 2 rings (SSSR count). The van der Waals surface area contributed by atoms with Crippen molar-refractivity contribution in [1.29, 1.82) is 0 Å². The van der Waals surface area contributed by atoms with E-state index in [9.17, 15) is 9.59 Å². The third-order valence-corrected chi connectivity index (χ3v) is 4.91.